The van der Waals surface area contributed by atoms with E-state index < -0.39 is 5.91 Å². The highest BCUT2D eigenvalue weighted by Gasteiger charge is 2.19. The number of aromatic nitrogens is 2. The number of hydrogen-bond acceptors (Lipinski definition) is 4. The molecule has 6 nitrogen and oxygen atoms in total. The SMILES string of the molecule is NC(=O)c1cccc2nc(N3CCCN(CCc4ccc(F)cc4)CC3)[nH]c12. The van der Waals surface area contributed by atoms with Crippen molar-refractivity contribution >= 4 is 22.9 Å². The van der Waals surface area contributed by atoms with E-state index in [0.29, 0.717) is 11.1 Å². The highest BCUT2D eigenvalue weighted by molar-refractivity contribution is 6.04. The van der Waals surface area contributed by atoms with E-state index >= 15 is 0 Å². The van der Waals surface area contributed by atoms with Gasteiger partial charge in [0.25, 0.3) is 5.91 Å². The Morgan fingerprint density at radius 1 is 1.11 bits per heavy atom. The van der Waals surface area contributed by atoms with Crippen LogP contribution in [0.15, 0.2) is 42.5 Å². The molecule has 4 rings (SSSR count). The van der Waals surface area contributed by atoms with Crippen LogP contribution in [0.4, 0.5) is 10.3 Å². The van der Waals surface area contributed by atoms with E-state index in [-0.39, 0.29) is 5.82 Å². The van der Waals surface area contributed by atoms with Gasteiger partial charge in [0, 0.05) is 26.2 Å². The molecule has 0 bridgehead atoms. The van der Waals surface area contributed by atoms with E-state index in [1.165, 1.54) is 12.1 Å². The molecule has 2 heterocycles. The van der Waals surface area contributed by atoms with Crippen LogP contribution >= 0.6 is 0 Å². The van der Waals surface area contributed by atoms with Crippen LogP contribution in [0.2, 0.25) is 0 Å². The minimum absolute atomic E-state index is 0.195. The zero-order chi connectivity index (χ0) is 19.5. The number of benzene rings is 2. The highest BCUT2D eigenvalue weighted by atomic mass is 19.1. The molecule has 0 spiro atoms. The number of H-pyrrole nitrogens is 1. The second kappa shape index (κ2) is 7.98. The molecule has 0 saturated carbocycles. The summed E-state index contributed by atoms with van der Waals surface area (Å²) in [5.41, 5.74) is 8.54. The number of fused-ring (bicyclic) bond motifs is 1. The van der Waals surface area contributed by atoms with Gasteiger partial charge in [0.2, 0.25) is 5.95 Å². The average molecular weight is 381 g/mol. The Morgan fingerprint density at radius 2 is 1.93 bits per heavy atom. The molecular formula is C21H24FN5O. The lowest BCUT2D eigenvalue weighted by Gasteiger charge is -2.21. The lowest BCUT2D eigenvalue weighted by molar-refractivity contribution is 0.100. The first-order chi connectivity index (χ1) is 13.6. The van der Waals surface area contributed by atoms with Crippen molar-refractivity contribution in [3.05, 3.63) is 59.4 Å². The summed E-state index contributed by atoms with van der Waals surface area (Å²) in [7, 11) is 0. The smallest absolute Gasteiger partial charge is 0.250 e. The maximum atomic E-state index is 13.0. The summed E-state index contributed by atoms with van der Waals surface area (Å²) in [6, 6.07) is 12.1. The predicted octanol–water partition coefficient (Wildman–Crippen LogP) is 2.56. The minimum atomic E-state index is -0.455. The average Bonchev–Trinajstić information content (AvgIpc) is 2.99. The fourth-order valence-electron chi connectivity index (χ4n) is 3.72. The molecule has 7 heteroatoms. The molecule has 0 radical (unpaired) electrons. The number of primary amides is 1. The van der Waals surface area contributed by atoms with Crippen LogP contribution in [0.1, 0.15) is 22.3 Å². The Bertz CT molecular complexity index is 969. The predicted molar refractivity (Wildman–Crippen MR) is 108 cm³/mol. The van der Waals surface area contributed by atoms with Crippen LogP contribution in [-0.2, 0) is 6.42 Å². The molecule has 1 aliphatic heterocycles. The fraction of sp³-hybridized carbons (Fsp3) is 0.333. The lowest BCUT2D eigenvalue weighted by Crippen LogP contribution is -2.32. The molecule has 3 N–H and O–H groups in total. The first-order valence-corrected chi connectivity index (χ1v) is 9.60. The summed E-state index contributed by atoms with van der Waals surface area (Å²) in [4.78, 5) is 24.2. The molecule has 2 aromatic carbocycles. The van der Waals surface area contributed by atoms with Gasteiger partial charge < -0.3 is 20.5 Å². The molecule has 1 saturated heterocycles. The van der Waals surface area contributed by atoms with Crippen molar-refractivity contribution in [3.63, 3.8) is 0 Å². The maximum absolute atomic E-state index is 13.0. The summed E-state index contributed by atoms with van der Waals surface area (Å²) in [6.45, 7) is 4.66. The van der Waals surface area contributed by atoms with Gasteiger partial charge in [0.1, 0.15) is 5.82 Å². The normalized spacial score (nSPS) is 15.7. The molecule has 0 aliphatic carbocycles. The zero-order valence-electron chi connectivity index (χ0n) is 15.7. The van der Waals surface area contributed by atoms with Gasteiger partial charge >= 0.3 is 0 Å². The van der Waals surface area contributed by atoms with E-state index in [0.717, 1.165) is 62.6 Å². The molecular weight excluding hydrogens is 357 g/mol. The fourth-order valence-corrected chi connectivity index (χ4v) is 3.72. The number of para-hydroxylation sites is 1. The number of imidazole rings is 1. The van der Waals surface area contributed by atoms with Crippen molar-refractivity contribution in [1.82, 2.24) is 14.9 Å². The standard InChI is InChI=1S/C21H24FN5O/c22-16-7-5-15(6-8-16)9-12-26-10-2-11-27(14-13-26)21-24-18-4-1-3-17(20(23)28)19(18)25-21/h1,3-8H,2,9-14H2,(H2,23,28)(H,24,25). The topological polar surface area (TPSA) is 78.2 Å². The quantitative estimate of drug-likeness (QED) is 0.712. The van der Waals surface area contributed by atoms with Gasteiger partial charge in [-0.1, -0.05) is 18.2 Å². The van der Waals surface area contributed by atoms with E-state index in [4.69, 9.17) is 5.73 Å². The number of amides is 1. The first-order valence-electron chi connectivity index (χ1n) is 9.60. The number of aromatic amines is 1. The first kappa shape index (κ1) is 18.4. The third-order valence-corrected chi connectivity index (χ3v) is 5.29. The number of rotatable bonds is 5. The van der Waals surface area contributed by atoms with Crippen LogP contribution in [0.5, 0.6) is 0 Å². The Labute approximate surface area is 163 Å². The van der Waals surface area contributed by atoms with Crippen molar-refractivity contribution in [3.8, 4) is 0 Å². The van der Waals surface area contributed by atoms with Crippen molar-refractivity contribution in [1.29, 1.82) is 0 Å². The van der Waals surface area contributed by atoms with E-state index in [9.17, 15) is 9.18 Å². The second-order valence-corrected chi connectivity index (χ2v) is 7.18. The van der Waals surface area contributed by atoms with Gasteiger partial charge in [-0.05, 0) is 49.2 Å². The number of nitrogens with two attached hydrogens (primary N) is 1. The molecule has 1 aliphatic rings. The molecule has 0 unspecified atom stereocenters. The number of carbonyl (C=O) groups is 1. The van der Waals surface area contributed by atoms with Crippen LogP contribution in [0.25, 0.3) is 11.0 Å². The number of nitrogens with one attached hydrogen (secondary N) is 1. The zero-order valence-corrected chi connectivity index (χ0v) is 15.7. The lowest BCUT2D eigenvalue weighted by atomic mass is 10.1. The number of anilines is 1. The maximum Gasteiger partial charge on any atom is 0.250 e. The molecule has 1 aromatic heterocycles. The Balaban J connectivity index is 1.41. The summed E-state index contributed by atoms with van der Waals surface area (Å²) in [5.74, 6) is 0.132. The number of hydrogen-bond donors (Lipinski definition) is 2. The van der Waals surface area contributed by atoms with Crippen molar-refractivity contribution < 1.29 is 9.18 Å². The summed E-state index contributed by atoms with van der Waals surface area (Å²) in [5, 5.41) is 0. The molecule has 0 atom stereocenters. The number of nitrogens with zero attached hydrogens (tertiary/aromatic N) is 3. The van der Waals surface area contributed by atoms with Crippen molar-refractivity contribution in [2.45, 2.75) is 12.8 Å². The van der Waals surface area contributed by atoms with Crippen molar-refractivity contribution in [2.75, 3.05) is 37.6 Å². The summed E-state index contributed by atoms with van der Waals surface area (Å²) >= 11 is 0. The molecule has 28 heavy (non-hydrogen) atoms. The Morgan fingerprint density at radius 3 is 2.71 bits per heavy atom. The third-order valence-electron chi connectivity index (χ3n) is 5.29. The van der Waals surface area contributed by atoms with Crippen LogP contribution in [-0.4, -0.2) is 53.5 Å². The van der Waals surface area contributed by atoms with Crippen LogP contribution in [0, 0.1) is 5.82 Å². The summed E-state index contributed by atoms with van der Waals surface area (Å²) in [6.07, 6.45) is 1.94. The number of halogens is 1. The molecule has 1 fully saturated rings. The molecule has 1 amide bonds. The van der Waals surface area contributed by atoms with E-state index in [1.807, 2.05) is 18.2 Å². The van der Waals surface area contributed by atoms with Gasteiger partial charge in [-0.2, -0.15) is 0 Å². The molecule has 3 aromatic rings. The van der Waals surface area contributed by atoms with Crippen LogP contribution in [0.3, 0.4) is 0 Å². The monoisotopic (exact) mass is 381 g/mol. The van der Waals surface area contributed by atoms with Gasteiger partial charge in [-0.15, -0.1) is 0 Å². The van der Waals surface area contributed by atoms with Gasteiger partial charge in [-0.25, -0.2) is 9.37 Å². The van der Waals surface area contributed by atoms with Gasteiger partial charge in [0.05, 0.1) is 16.6 Å². The highest BCUT2D eigenvalue weighted by Crippen LogP contribution is 2.21. The van der Waals surface area contributed by atoms with Crippen molar-refractivity contribution in [2.24, 2.45) is 5.73 Å². The molecule has 146 valence electrons. The van der Waals surface area contributed by atoms with Gasteiger partial charge in [-0.3, -0.25) is 4.79 Å². The third kappa shape index (κ3) is 3.99. The largest absolute Gasteiger partial charge is 0.366 e. The van der Waals surface area contributed by atoms with E-state index in [1.54, 1.807) is 12.1 Å². The number of carbonyl (C=O) groups excluding carboxylic acids is 1. The van der Waals surface area contributed by atoms with E-state index in [2.05, 4.69) is 19.8 Å². The Hall–Kier alpha value is -2.93. The second-order valence-electron chi connectivity index (χ2n) is 7.18. The summed E-state index contributed by atoms with van der Waals surface area (Å²) < 4.78 is 13.0. The van der Waals surface area contributed by atoms with Gasteiger partial charge in [0.15, 0.2) is 0 Å². The Kier molecular flexibility index (Phi) is 5.25. The minimum Gasteiger partial charge on any atom is -0.366 e. The van der Waals surface area contributed by atoms with Crippen LogP contribution < -0.4 is 10.6 Å².